The summed E-state index contributed by atoms with van der Waals surface area (Å²) in [5.74, 6) is -1.68. The summed E-state index contributed by atoms with van der Waals surface area (Å²) in [5, 5.41) is 8.92. The van der Waals surface area contributed by atoms with Gasteiger partial charge in [0.15, 0.2) is 0 Å². The molecule has 0 spiro atoms. The van der Waals surface area contributed by atoms with Gasteiger partial charge in [-0.3, -0.25) is 0 Å². The molecule has 0 fully saturated rings. The van der Waals surface area contributed by atoms with Gasteiger partial charge in [0.25, 0.3) is 0 Å². The molecule has 15 heavy (non-hydrogen) atoms. The molecule has 1 aromatic carbocycles. The maximum atomic E-state index is 13.4. The van der Waals surface area contributed by atoms with Crippen molar-refractivity contribution in [2.45, 2.75) is 0 Å². The summed E-state index contributed by atoms with van der Waals surface area (Å²) in [7, 11) is 0. The molecule has 0 aliphatic carbocycles. The quantitative estimate of drug-likeness (QED) is 0.760. The van der Waals surface area contributed by atoms with Crippen molar-refractivity contribution in [3.8, 4) is 0 Å². The van der Waals surface area contributed by atoms with Crippen LogP contribution in [0.1, 0.15) is 10.4 Å². The number of aromatic carboxylic acids is 1. The fourth-order valence-electron chi connectivity index (χ4n) is 1.29. The van der Waals surface area contributed by atoms with Gasteiger partial charge in [-0.15, -0.1) is 0 Å². The lowest BCUT2D eigenvalue weighted by Crippen LogP contribution is -1.96. The maximum absolute atomic E-state index is 13.4. The first-order valence-corrected chi connectivity index (χ1v) is 4.45. The zero-order chi connectivity index (χ0) is 11.0. The molecular weight excluding hydrogens is 221 g/mol. The monoisotopic (exact) mass is 225 g/mol. The molecule has 2 aromatic rings. The van der Waals surface area contributed by atoms with Gasteiger partial charge in [0.1, 0.15) is 11.0 Å². The third kappa shape index (κ3) is 1.76. The van der Waals surface area contributed by atoms with E-state index in [0.29, 0.717) is 5.52 Å². The Bertz CT molecular complexity index is 556. The highest BCUT2D eigenvalue weighted by molar-refractivity contribution is 6.29. The fourth-order valence-corrected chi connectivity index (χ4v) is 1.47. The van der Waals surface area contributed by atoms with Gasteiger partial charge in [-0.05, 0) is 18.2 Å². The molecule has 1 heterocycles. The van der Waals surface area contributed by atoms with Gasteiger partial charge in [0.2, 0.25) is 0 Å². The number of halogens is 2. The number of carbonyl (C=O) groups is 1. The number of carboxylic acid groups (broad SMARTS) is 1. The van der Waals surface area contributed by atoms with Gasteiger partial charge in [0.05, 0.1) is 11.1 Å². The molecule has 1 aromatic heterocycles. The first kappa shape index (κ1) is 9.86. The summed E-state index contributed by atoms with van der Waals surface area (Å²) in [6, 6.07) is 5.06. The molecule has 0 radical (unpaired) electrons. The van der Waals surface area contributed by atoms with Crippen molar-refractivity contribution < 1.29 is 14.3 Å². The maximum Gasteiger partial charge on any atom is 0.335 e. The number of fused-ring (bicyclic) bond motifs is 1. The predicted molar refractivity (Wildman–Crippen MR) is 53.7 cm³/mol. The number of hydrogen-bond acceptors (Lipinski definition) is 2. The molecular formula is C10H5ClFNO2. The zero-order valence-corrected chi connectivity index (χ0v) is 8.12. The first-order valence-electron chi connectivity index (χ1n) is 4.07. The average molecular weight is 226 g/mol. The lowest BCUT2D eigenvalue weighted by Gasteiger charge is -2.01. The molecule has 5 heteroatoms. The Morgan fingerprint density at radius 3 is 2.80 bits per heavy atom. The molecule has 3 nitrogen and oxygen atoms in total. The van der Waals surface area contributed by atoms with E-state index in [1.807, 2.05) is 0 Å². The van der Waals surface area contributed by atoms with Crippen molar-refractivity contribution in [3.63, 3.8) is 0 Å². The highest BCUT2D eigenvalue weighted by atomic mass is 35.5. The minimum absolute atomic E-state index is 0.0190. The van der Waals surface area contributed by atoms with Crippen LogP contribution in [0.5, 0.6) is 0 Å². The second kappa shape index (κ2) is 3.47. The van der Waals surface area contributed by atoms with Crippen LogP contribution in [0.2, 0.25) is 5.15 Å². The van der Waals surface area contributed by atoms with E-state index in [0.717, 1.165) is 6.07 Å². The molecule has 0 aliphatic heterocycles. The van der Waals surface area contributed by atoms with E-state index in [1.54, 1.807) is 0 Å². The second-order valence-corrected chi connectivity index (χ2v) is 3.35. The first-order chi connectivity index (χ1) is 7.08. The number of pyridine rings is 1. The molecule has 0 bridgehead atoms. The van der Waals surface area contributed by atoms with Crippen LogP contribution in [0, 0.1) is 5.82 Å². The molecule has 0 unspecified atom stereocenters. The van der Waals surface area contributed by atoms with E-state index in [-0.39, 0.29) is 16.1 Å². The van der Waals surface area contributed by atoms with Gasteiger partial charge >= 0.3 is 5.97 Å². The van der Waals surface area contributed by atoms with Crippen molar-refractivity contribution in [2.75, 3.05) is 0 Å². The number of rotatable bonds is 1. The summed E-state index contributed by atoms with van der Waals surface area (Å²) >= 11 is 5.56. The highest BCUT2D eigenvalue weighted by Gasteiger charge is 2.08. The normalized spacial score (nSPS) is 10.5. The van der Waals surface area contributed by atoms with Gasteiger partial charge in [-0.25, -0.2) is 14.2 Å². The smallest absolute Gasteiger partial charge is 0.335 e. The summed E-state index contributed by atoms with van der Waals surface area (Å²) in [4.78, 5) is 14.5. The van der Waals surface area contributed by atoms with E-state index in [2.05, 4.69) is 4.98 Å². The standard InChI is InChI=1S/C10H5ClFNO2/c11-9-4-7(12)6-3-5(10(14)15)1-2-8(6)13-9/h1-4H,(H,14,15). The van der Waals surface area contributed by atoms with Gasteiger partial charge < -0.3 is 5.11 Å². The van der Waals surface area contributed by atoms with Crippen molar-refractivity contribution >= 4 is 28.5 Å². The summed E-state index contributed by atoms with van der Waals surface area (Å²) in [6.45, 7) is 0. The topological polar surface area (TPSA) is 50.2 Å². The SMILES string of the molecule is O=C(O)c1ccc2nc(Cl)cc(F)c2c1. The zero-order valence-electron chi connectivity index (χ0n) is 7.37. The summed E-state index contributed by atoms with van der Waals surface area (Å²) in [6.07, 6.45) is 0. The molecule has 2 rings (SSSR count). The van der Waals surface area contributed by atoms with Crippen LogP contribution < -0.4 is 0 Å². The average Bonchev–Trinajstić information content (AvgIpc) is 2.16. The Kier molecular flexibility index (Phi) is 2.28. The molecule has 1 N–H and O–H groups in total. The predicted octanol–water partition coefficient (Wildman–Crippen LogP) is 2.73. The summed E-state index contributed by atoms with van der Waals surface area (Å²) in [5.41, 5.74) is 0.357. The second-order valence-electron chi connectivity index (χ2n) is 2.96. The van der Waals surface area contributed by atoms with Crippen LogP contribution in [0.15, 0.2) is 24.3 Å². The van der Waals surface area contributed by atoms with Crippen LogP contribution in [-0.2, 0) is 0 Å². The van der Waals surface area contributed by atoms with Gasteiger partial charge in [0, 0.05) is 11.5 Å². The van der Waals surface area contributed by atoms with Crippen LogP contribution in [0.25, 0.3) is 10.9 Å². The van der Waals surface area contributed by atoms with Crippen LogP contribution in [0.4, 0.5) is 4.39 Å². The Labute approximate surface area is 89.1 Å². The van der Waals surface area contributed by atoms with Crippen LogP contribution in [0.3, 0.4) is 0 Å². The number of benzene rings is 1. The van der Waals surface area contributed by atoms with E-state index >= 15 is 0 Å². The Morgan fingerprint density at radius 1 is 1.40 bits per heavy atom. The highest BCUT2D eigenvalue weighted by Crippen LogP contribution is 2.20. The van der Waals surface area contributed by atoms with Crippen molar-refractivity contribution in [1.29, 1.82) is 0 Å². The van der Waals surface area contributed by atoms with E-state index in [4.69, 9.17) is 16.7 Å². The lowest BCUT2D eigenvalue weighted by atomic mass is 10.1. The Hall–Kier alpha value is -1.68. The molecule has 0 saturated carbocycles. The summed E-state index contributed by atoms with van der Waals surface area (Å²) < 4.78 is 13.4. The Balaban J connectivity index is 2.76. The van der Waals surface area contributed by atoms with Crippen molar-refractivity contribution in [1.82, 2.24) is 4.98 Å². The van der Waals surface area contributed by atoms with Crippen LogP contribution >= 0.6 is 11.6 Å². The minimum Gasteiger partial charge on any atom is -0.478 e. The molecule has 76 valence electrons. The molecule has 0 atom stereocenters. The van der Waals surface area contributed by atoms with Crippen molar-refractivity contribution in [3.05, 3.63) is 40.8 Å². The van der Waals surface area contributed by atoms with E-state index in [9.17, 15) is 9.18 Å². The van der Waals surface area contributed by atoms with Gasteiger partial charge in [-0.2, -0.15) is 0 Å². The number of hydrogen-bond donors (Lipinski definition) is 1. The molecule has 0 amide bonds. The van der Waals surface area contributed by atoms with Gasteiger partial charge in [-0.1, -0.05) is 11.6 Å². The van der Waals surface area contributed by atoms with Crippen LogP contribution in [-0.4, -0.2) is 16.1 Å². The number of carboxylic acids is 1. The third-order valence-corrected chi connectivity index (χ3v) is 2.17. The number of aromatic nitrogens is 1. The lowest BCUT2D eigenvalue weighted by molar-refractivity contribution is 0.0697. The van der Waals surface area contributed by atoms with E-state index < -0.39 is 11.8 Å². The third-order valence-electron chi connectivity index (χ3n) is 1.97. The Morgan fingerprint density at radius 2 is 2.13 bits per heavy atom. The number of nitrogens with zero attached hydrogens (tertiary/aromatic N) is 1. The fraction of sp³-hybridized carbons (Fsp3) is 0. The van der Waals surface area contributed by atoms with E-state index in [1.165, 1.54) is 18.2 Å². The minimum atomic E-state index is -1.11. The van der Waals surface area contributed by atoms with Crippen molar-refractivity contribution in [2.24, 2.45) is 0 Å². The molecule has 0 saturated heterocycles. The molecule has 0 aliphatic rings. The largest absolute Gasteiger partial charge is 0.478 e.